The van der Waals surface area contributed by atoms with Crippen LogP contribution >= 0.6 is 0 Å². The van der Waals surface area contributed by atoms with Gasteiger partial charge in [-0.1, -0.05) is 129 Å². The van der Waals surface area contributed by atoms with Gasteiger partial charge < -0.3 is 5.21 Å². The van der Waals surface area contributed by atoms with E-state index >= 15 is 0 Å². The fourth-order valence-corrected chi connectivity index (χ4v) is 3.68. The zero-order chi connectivity index (χ0) is 21.1. The quantitative estimate of drug-likeness (QED) is 0.101. The summed E-state index contributed by atoms with van der Waals surface area (Å²) in [6.07, 6.45) is 27.2. The minimum atomic E-state index is 0.869. The number of nitrogens with zero attached hydrogens (tertiary/aromatic N) is 1. The first-order valence-corrected chi connectivity index (χ1v) is 12.6. The topological polar surface area (TPSA) is 75.5 Å². The van der Waals surface area contributed by atoms with Crippen LogP contribution in [0.25, 0.3) is 0 Å². The van der Waals surface area contributed by atoms with Gasteiger partial charge in [-0.15, -0.1) is 0 Å². The van der Waals surface area contributed by atoms with Gasteiger partial charge in [-0.2, -0.15) is 5.06 Å². The van der Waals surface area contributed by atoms with Crippen LogP contribution in [0.4, 0.5) is 0 Å². The van der Waals surface area contributed by atoms with Crippen molar-refractivity contribution in [3.05, 3.63) is 0 Å². The summed E-state index contributed by atoms with van der Waals surface area (Å²) in [5.74, 6) is 8.00. The van der Waals surface area contributed by atoms with Crippen molar-refractivity contribution in [2.45, 2.75) is 142 Å². The fraction of sp³-hybridized carbons (Fsp3) is 1.00. The van der Waals surface area contributed by atoms with Crippen molar-refractivity contribution in [3.8, 4) is 0 Å². The molecule has 5 N–H and O–H groups in total. The SMILES string of the molecule is CCCCCCCCCCCCN(O)CCCCCCCCCCCC.NN. The fourth-order valence-electron chi connectivity index (χ4n) is 3.68. The highest BCUT2D eigenvalue weighted by molar-refractivity contribution is 4.52. The Morgan fingerprint density at radius 1 is 0.429 bits per heavy atom. The zero-order valence-corrected chi connectivity index (χ0v) is 19.6. The van der Waals surface area contributed by atoms with Crippen molar-refractivity contribution in [2.75, 3.05) is 13.1 Å². The van der Waals surface area contributed by atoms with E-state index in [1.54, 1.807) is 5.06 Å². The van der Waals surface area contributed by atoms with Crippen molar-refractivity contribution in [1.82, 2.24) is 5.06 Å². The van der Waals surface area contributed by atoms with E-state index < -0.39 is 0 Å². The molecule has 4 nitrogen and oxygen atoms in total. The molecule has 0 unspecified atom stereocenters. The van der Waals surface area contributed by atoms with Crippen molar-refractivity contribution < 1.29 is 5.21 Å². The third-order valence-corrected chi connectivity index (χ3v) is 5.54. The molecule has 0 amide bonds. The van der Waals surface area contributed by atoms with Crippen molar-refractivity contribution in [2.24, 2.45) is 11.7 Å². The lowest BCUT2D eigenvalue weighted by Crippen LogP contribution is -2.21. The zero-order valence-electron chi connectivity index (χ0n) is 19.6. The molecule has 0 aromatic rings. The predicted octanol–water partition coefficient (Wildman–Crippen LogP) is 7.34. The van der Waals surface area contributed by atoms with Crippen LogP contribution in [0.15, 0.2) is 0 Å². The summed E-state index contributed by atoms with van der Waals surface area (Å²) in [4.78, 5) is 0. The standard InChI is InChI=1S/C24H51NO.H4N2/c1-3-5-7-9-11-13-15-17-19-21-23-25(26)24-22-20-18-16-14-12-10-8-6-4-2;1-2/h26H,3-24H2,1-2H3;1-2H2. The van der Waals surface area contributed by atoms with E-state index in [4.69, 9.17) is 0 Å². The number of hydrazine groups is 1. The Bertz CT molecular complexity index is 228. The average Bonchev–Trinajstić information content (AvgIpc) is 2.72. The second-order valence-electron chi connectivity index (χ2n) is 8.32. The van der Waals surface area contributed by atoms with Crippen LogP contribution in [0, 0.1) is 0 Å². The largest absolute Gasteiger partial charge is 0.314 e. The normalized spacial score (nSPS) is 10.9. The van der Waals surface area contributed by atoms with E-state index in [9.17, 15) is 5.21 Å². The Hall–Kier alpha value is -0.160. The predicted molar refractivity (Wildman–Crippen MR) is 125 cm³/mol. The van der Waals surface area contributed by atoms with Gasteiger partial charge in [0.05, 0.1) is 0 Å². The molecule has 172 valence electrons. The van der Waals surface area contributed by atoms with Crippen LogP contribution in [0.1, 0.15) is 142 Å². The van der Waals surface area contributed by atoms with Gasteiger partial charge in [0.1, 0.15) is 0 Å². The number of hydrogen-bond acceptors (Lipinski definition) is 4. The van der Waals surface area contributed by atoms with Crippen LogP contribution in [0.5, 0.6) is 0 Å². The van der Waals surface area contributed by atoms with E-state index in [-0.39, 0.29) is 0 Å². The van der Waals surface area contributed by atoms with E-state index in [1.807, 2.05) is 0 Å². The average molecular weight is 402 g/mol. The number of rotatable bonds is 22. The molecule has 28 heavy (non-hydrogen) atoms. The molecule has 0 spiro atoms. The monoisotopic (exact) mass is 401 g/mol. The molecular formula is C24H55N3O. The molecule has 0 saturated heterocycles. The van der Waals surface area contributed by atoms with Crippen LogP contribution in [0.2, 0.25) is 0 Å². The third kappa shape index (κ3) is 28.1. The summed E-state index contributed by atoms with van der Waals surface area (Å²) in [6.45, 7) is 6.30. The van der Waals surface area contributed by atoms with Gasteiger partial charge in [0, 0.05) is 13.1 Å². The molecule has 0 aromatic carbocycles. The van der Waals surface area contributed by atoms with Gasteiger partial charge in [-0.25, -0.2) is 0 Å². The molecule has 0 heterocycles. The highest BCUT2D eigenvalue weighted by Gasteiger charge is 2.00. The number of unbranched alkanes of at least 4 members (excludes halogenated alkanes) is 18. The molecule has 0 atom stereocenters. The van der Waals surface area contributed by atoms with E-state index in [0.29, 0.717) is 0 Å². The molecule has 0 aliphatic carbocycles. The minimum absolute atomic E-state index is 0.869. The first-order valence-electron chi connectivity index (χ1n) is 12.6. The van der Waals surface area contributed by atoms with Gasteiger partial charge in [-0.05, 0) is 12.8 Å². The lowest BCUT2D eigenvalue weighted by Gasteiger charge is -2.14. The minimum Gasteiger partial charge on any atom is -0.314 e. The van der Waals surface area contributed by atoms with Gasteiger partial charge in [0.2, 0.25) is 0 Å². The summed E-state index contributed by atoms with van der Waals surface area (Å²) in [6, 6.07) is 0. The van der Waals surface area contributed by atoms with E-state index in [0.717, 1.165) is 25.9 Å². The smallest absolute Gasteiger partial charge is 0.0238 e. The lowest BCUT2D eigenvalue weighted by atomic mass is 10.1. The highest BCUT2D eigenvalue weighted by atomic mass is 16.5. The van der Waals surface area contributed by atoms with Gasteiger partial charge in [0.25, 0.3) is 0 Å². The number of hydrogen-bond donors (Lipinski definition) is 3. The molecule has 0 aliphatic heterocycles. The van der Waals surface area contributed by atoms with Crippen LogP contribution in [-0.2, 0) is 0 Å². The third-order valence-electron chi connectivity index (χ3n) is 5.54. The molecule has 0 bridgehead atoms. The lowest BCUT2D eigenvalue weighted by molar-refractivity contribution is -0.0925. The van der Waals surface area contributed by atoms with Gasteiger partial charge in [0.15, 0.2) is 0 Å². The maximum Gasteiger partial charge on any atom is 0.0238 e. The van der Waals surface area contributed by atoms with Crippen LogP contribution < -0.4 is 11.7 Å². The van der Waals surface area contributed by atoms with Gasteiger partial charge >= 0.3 is 0 Å². The maximum absolute atomic E-state index is 9.93. The van der Waals surface area contributed by atoms with Crippen LogP contribution in [-0.4, -0.2) is 23.4 Å². The first kappa shape index (κ1) is 30.0. The molecule has 4 heteroatoms. The van der Waals surface area contributed by atoms with Crippen LogP contribution in [0.3, 0.4) is 0 Å². The Labute approximate surface area is 177 Å². The Kier molecular flexibility index (Phi) is 31.2. The summed E-state index contributed by atoms with van der Waals surface area (Å²) in [7, 11) is 0. The molecule has 0 saturated carbocycles. The van der Waals surface area contributed by atoms with Crippen molar-refractivity contribution in [3.63, 3.8) is 0 Å². The molecule has 0 aromatic heterocycles. The van der Waals surface area contributed by atoms with E-state index in [2.05, 4.69) is 25.5 Å². The summed E-state index contributed by atoms with van der Waals surface area (Å²) in [5, 5.41) is 11.5. The maximum atomic E-state index is 9.93. The molecule has 0 aliphatic rings. The summed E-state index contributed by atoms with van der Waals surface area (Å²) in [5.41, 5.74) is 0. The second kappa shape index (κ2) is 29.0. The summed E-state index contributed by atoms with van der Waals surface area (Å²) < 4.78 is 0. The Morgan fingerprint density at radius 3 is 0.893 bits per heavy atom. The van der Waals surface area contributed by atoms with Gasteiger partial charge in [-0.3, -0.25) is 11.7 Å². The highest BCUT2D eigenvalue weighted by Crippen LogP contribution is 2.12. The Morgan fingerprint density at radius 2 is 0.643 bits per heavy atom. The molecule has 0 radical (unpaired) electrons. The first-order chi connectivity index (χ1) is 13.8. The van der Waals surface area contributed by atoms with Crippen molar-refractivity contribution in [1.29, 1.82) is 0 Å². The molecule has 0 fully saturated rings. The second-order valence-corrected chi connectivity index (χ2v) is 8.32. The molecule has 0 rings (SSSR count). The molecular weight excluding hydrogens is 346 g/mol. The Balaban J connectivity index is 0. The summed E-state index contributed by atoms with van der Waals surface area (Å²) >= 11 is 0. The number of nitrogens with two attached hydrogens (primary N) is 2. The van der Waals surface area contributed by atoms with Crippen molar-refractivity contribution >= 4 is 0 Å². The van der Waals surface area contributed by atoms with E-state index in [1.165, 1.54) is 116 Å². The number of hydroxylamine groups is 2.